The van der Waals surface area contributed by atoms with Crippen molar-refractivity contribution in [2.75, 3.05) is 27.3 Å². The zero-order chi connectivity index (χ0) is 16.9. The van der Waals surface area contributed by atoms with Gasteiger partial charge in [0.05, 0.1) is 27.2 Å². The van der Waals surface area contributed by atoms with Gasteiger partial charge < -0.3 is 19.1 Å². The summed E-state index contributed by atoms with van der Waals surface area (Å²) >= 11 is 1.47. The van der Waals surface area contributed by atoms with Crippen molar-refractivity contribution in [1.82, 2.24) is 9.88 Å². The molecule has 1 unspecified atom stereocenters. The van der Waals surface area contributed by atoms with E-state index in [1.165, 1.54) is 11.3 Å². The predicted molar refractivity (Wildman–Crippen MR) is 91.0 cm³/mol. The molecule has 1 aliphatic heterocycles. The zero-order valence-electron chi connectivity index (χ0n) is 13.7. The number of hydrogen-bond acceptors (Lipinski definition) is 6. The number of rotatable bonds is 6. The van der Waals surface area contributed by atoms with Crippen LogP contribution < -0.4 is 14.2 Å². The van der Waals surface area contributed by atoms with E-state index >= 15 is 0 Å². The quantitative estimate of drug-likeness (QED) is 0.802. The summed E-state index contributed by atoms with van der Waals surface area (Å²) in [5.41, 5.74) is 0.905. The van der Waals surface area contributed by atoms with E-state index in [1.54, 1.807) is 20.4 Å². The maximum Gasteiger partial charge on any atom is 0.273 e. The Labute approximate surface area is 145 Å². The van der Waals surface area contributed by atoms with Gasteiger partial charge in [0, 0.05) is 24.5 Å². The first-order valence-corrected chi connectivity index (χ1v) is 8.62. The van der Waals surface area contributed by atoms with Crippen LogP contribution in [0, 0.1) is 0 Å². The van der Waals surface area contributed by atoms with E-state index in [2.05, 4.69) is 4.98 Å². The predicted octanol–water partition coefficient (Wildman–Crippen LogP) is 2.38. The molecule has 0 spiro atoms. The van der Waals surface area contributed by atoms with E-state index in [-0.39, 0.29) is 12.0 Å². The molecule has 0 radical (unpaired) electrons. The fourth-order valence-corrected chi connectivity index (χ4v) is 3.29. The molecular formula is C17H20N2O4S. The van der Waals surface area contributed by atoms with Gasteiger partial charge in [0.2, 0.25) is 5.91 Å². The summed E-state index contributed by atoms with van der Waals surface area (Å²) in [5, 5.41) is 2.54. The fraction of sp³-hybridized carbons (Fsp3) is 0.412. The molecule has 1 saturated heterocycles. The van der Waals surface area contributed by atoms with Crippen LogP contribution in [0.15, 0.2) is 29.8 Å². The number of ether oxygens (including phenoxy) is 3. The lowest BCUT2D eigenvalue weighted by atomic mass is 10.1. The summed E-state index contributed by atoms with van der Waals surface area (Å²) in [6.45, 7) is 1.31. The van der Waals surface area contributed by atoms with Gasteiger partial charge in [-0.25, -0.2) is 4.98 Å². The number of thiazole rings is 1. The van der Waals surface area contributed by atoms with Gasteiger partial charge in [-0.2, -0.15) is 0 Å². The Balaban J connectivity index is 1.57. The Hall–Kier alpha value is -2.28. The third-order valence-corrected chi connectivity index (χ3v) is 4.64. The fourth-order valence-electron chi connectivity index (χ4n) is 2.74. The second kappa shape index (κ2) is 7.53. The second-order valence-corrected chi connectivity index (χ2v) is 6.39. The number of hydrogen-bond donors (Lipinski definition) is 0. The Morgan fingerprint density at radius 3 is 2.88 bits per heavy atom. The molecule has 0 aliphatic carbocycles. The minimum absolute atomic E-state index is 0.0190. The average molecular weight is 348 g/mol. The zero-order valence-corrected chi connectivity index (χ0v) is 14.5. The smallest absolute Gasteiger partial charge is 0.273 e. The van der Waals surface area contributed by atoms with Gasteiger partial charge in [-0.05, 0) is 17.7 Å². The number of carbonyl (C=O) groups is 1. The Morgan fingerprint density at radius 2 is 2.17 bits per heavy atom. The molecule has 1 fully saturated rings. The highest BCUT2D eigenvalue weighted by Crippen LogP contribution is 2.28. The molecule has 24 heavy (non-hydrogen) atoms. The molecule has 0 N–H and O–H groups in total. The molecule has 1 aromatic heterocycles. The first kappa shape index (κ1) is 16.6. The van der Waals surface area contributed by atoms with Crippen LogP contribution in [0.5, 0.6) is 16.7 Å². The monoisotopic (exact) mass is 348 g/mol. The minimum atomic E-state index is 0.0190. The summed E-state index contributed by atoms with van der Waals surface area (Å²) in [6, 6.07) is 5.55. The molecule has 1 aromatic carbocycles. The lowest BCUT2D eigenvalue weighted by Gasteiger charge is -2.17. The highest BCUT2D eigenvalue weighted by molar-refractivity contribution is 7.11. The topological polar surface area (TPSA) is 60.9 Å². The van der Waals surface area contributed by atoms with Crippen LogP contribution >= 0.6 is 11.3 Å². The molecule has 2 heterocycles. The van der Waals surface area contributed by atoms with E-state index in [0.29, 0.717) is 36.2 Å². The Morgan fingerprint density at radius 1 is 1.33 bits per heavy atom. The molecule has 0 bridgehead atoms. The molecule has 7 heteroatoms. The van der Waals surface area contributed by atoms with Crippen LogP contribution in [-0.4, -0.2) is 49.2 Å². The number of methoxy groups -OCH3 is 2. The Kier molecular flexibility index (Phi) is 5.20. The van der Waals surface area contributed by atoms with Crippen LogP contribution in [0.2, 0.25) is 0 Å². The molecule has 1 atom stereocenters. The molecule has 2 aromatic rings. The van der Waals surface area contributed by atoms with Crippen molar-refractivity contribution in [2.45, 2.75) is 18.9 Å². The van der Waals surface area contributed by atoms with Gasteiger partial charge in [0.15, 0.2) is 11.5 Å². The number of carbonyl (C=O) groups excluding carboxylic acids is 1. The molecular weight excluding hydrogens is 328 g/mol. The summed E-state index contributed by atoms with van der Waals surface area (Å²) in [4.78, 5) is 18.5. The van der Waals surface area contributed by atoms with Crippen molar-refractivity contribution in [2.24, 2.45) is 0 Å². The molecule has 3 rings (SSSR count). The first-order chi connectivity index (χ1) is 11.7. The van der Waals surface area contributed by atoms with E-state index in [4.69, 9.17) is 14.2 Å². The summed E-state index contributed by atoms with van der Waals surface area (Å²) in [5.74, 6) is 1.38. The van der Waals surface area contributed by atoms with Crippen molar-refractivity contribution in [3.05, 3.63) is 35.3 Å². The third kappa shape index (κ3) is 3.79. The van der Waals surface area contributed by atoms with E-state index in [0.717, 1.165) is 12.0 Å². The maximum atomic E-state index is 12.5. The number of aromatic nitrogens is 1. The average Bonchev–Trinajstić information content (AvgIpc) is 3.27. The summed E-state index contributed by atoms with van der Waals surface area (Å²) in [7, 11) is 3.18. The molecule has 0 saturated carbocycles. The van der Waals surface area contributed by atoms with E-state index in [1.807, 2.05) is 28.5 Å². The SMILES string of the molecule is COc1ccc(CC(=O)N2CCC(Oc3nccs3)C2)cc1OC. The van der Waals surface area contributed by atoms with Crippen LogP contribution in [0.4, 0.5) is 0 Å². The van der Waals surface area contributed by atoms with Gasteiger partial charge in [-0.1, -0.05) is 17.4 Å². The molecule has 1 aliphatic rings. The lowest BCUT2D eigenvalue weighted by Crippen LogP contribution is -2.32. The van der Waals surface area contributed by atoms with Gasteiger partial charge >= 0.3 is 0 Å². The van der Waals surface area contributed by atoms with Crippen LogP contribution in [0.1, 0.15) is 12.0 Å². The van der Waals surface area contributed by atoms with Gasteiger partial charge in [-0.3, -0.25) is 4.79 Å². The summed E-state index contributed by atoms with van der Waals surface area (Å²) in [6.07, 6.45) is 2.90. The van der Waals surface area contributed by atoms with E-state index < -0.39 is 0 Å². The molecule has 1 amide bonds. The van der Waals surface area contributed by atoms with Crippen molar-refractivity contribution in [1.29, 1.82) is 0 Å². The number of amides is 1. The van der Waals surface area contributed by atoms with Crippen molar-refractivity contribution < 1.29 is 19.0 Å². The van der Waals surface area contributed by atoms with Crippen LogP contribution in [0.3, 0.4) is 0 Å². The highest BCUT2D eigenvalue weighted by Gasteiger charge is 2.28. The molecule has 6 nitrogen and oxygen atoms in total. The maximum absolute atomic E-state index is 12.5. The van der Waals surface area contributed by atoms with Crippen molar-refractivity contribution >= 4 is 17.2 Å². The number of nitrogens with zero attached hydrogens (tertiary/aromatic N) is 2. The summed E-state index contributed by atoms with van der Waals surface area (Å²) < 4.78 is 16.3. The van der Waals surface area contributed by atoms with Crippen molar-refractivity contribution in [3.8, 4) is 16.7 Å². The highest BCUT2D eigenvalue weighted by atomic mass is 32.1. The van der Waals surface area contributed by atoms with E-state index in [9.17, 15) is 4.79 Å². The van der Waals surface area contributed by atoms with Crippen LogP contribution in [0.25, 0.3) is 0 Å². The Bertz CT molecular complexity index is 690. The molecule has 128 valence electrons. The third-order valence-electron chi connectivity index (χ3n) is 3.98. The normalized spacial score (nSPS) is 16.9. The van der Waals surface area contributed by atoms with Crippen LogP contribution in [-0.2, 0) is 11.2 Å². The second-order valence-electron chi connectivity index (χ2n) is 5.53. The van der Waals surface area contributed by atoms with Gasteiger partial charge in [-0.15, -0.1) is 0 Å². The van der Waals surface area contributed by atoms with Gasteiger partial charge in [0.25, 0.3) is 5.19 Å². The first-order valence-electron chi connectivity index (χ1n) is 7.74. The number of likely N-dealkylation sites (tertiary alicyclic amines) is 1. The largest absolute Gasteiger partial charge is 0.493 e. The van der Waals surface area contributed by atoms with Gasteiger partial charge in [0.1, 0.15) is 6.10 Å². The lowest BCUT2D eigenvalue weighted by molar-refractivity contribution is -0.129. The minimum Gasteiger partial charge on any atom is -0.493 e. The van der Waals surface area contributed by atoms with Crippen molar-refractivity contribution in [3.63, 3.8) is 0 Å². The standard InChI is InChI=1S/C17H20N2O4S/c1-21-14-4-3-12(9-15(14)22-2)10-16(20)19-7-5-13(11-19)23-17-18-6-8-24-17/h3-4,6,8-9,13H,5,7,10-11H2,1-2H3. The number of benzene rings is 1.